The molecule has 4 fully saturated rings. The molecule has 4 aliphatic carbocycles. The lowest BCUT2D eigenvalue weighted by Crippen LogP contribution is -2.59. The number of rotatable bonds is 6. The van der Waals surface area contributed by atoms with Crippen LogP contribution in [0.5, 0.6) is 0 Å². The van der Waals surface area contributed by atoms with Gasteiger partial charge in [-0.05, 0) is 81.6 Å². The summed E-state index contributed by atoms with van der Waals surface area (Å²) in [5.41, 5.74) is 5.75. The quantitative estimate of drug-likeness (QED) is 0.785. The molecule has 0 aromatic rings. The monoisotopic (exact) mass is 278 g/mol. The highest BCUT2D eigenvalue weighted by Gasteiger charge is 2.51. The molecule has 3 N–H and O–H groups in total. The number of nitrogens with two attached hydrogens (primary N) is 1. The van der Waals surface area contributed by atoms with E-state index in [4.69, 9.17) is 5.73 Å². The number of carbonyl (C=O) groups excluding carboxylic acids is 1. The minimum absolute atomic E-state index is 0.183. The third kappa shape index (κ3) is 3.03. The second-order valence-corrected chi connectivity index (χ2v) is 7.97. The smallest absolute Gasteiger partial charge is 0.220 e. The molecule has 0 aromatic carbocycles. The fraction of sp³-hybridized carbons (Fsp3) is 0.941. The third-order valence-electron chi connectivity index (χ3n) is 5.97. The Morgan fingerprint density at radius 2 is 1.70 bits per heavy atom. The molecule has 4 aliphatic rings. The Labute approximate surface area is 123 Å². The van der Waals surface area contributed by atoms with E-state index in [-0.39, 0.29) is 11.4 Å². The lowest BCUT2D eigenvalue weighted by Gasteiger charge is -2.57. The molecule has 1 atom stereocenters. The second-order valence-electron chi connectivity index (χ2n) is 7.97. The second kappa shape index (κ2) is 5.67. The van der Waals surface area contributed by atoms with Crippen molar-refractivity contribution in [3.05, 3.63) is 0 Å². The highest BCUT2D eigenvalue weighted by molar-refractivity contribution is 5.76. The van der Waals surface area contributed by atoms with Gasteiger partial charge in [-0.1, -0.05) is 6.92 Å². The summed E-state index contributed by atoms with van der Waals surface area (Å²) in [6.45, 7) is 2.93. The first-order chi connectivity index (χ1) is 9.58. The van der Waals surface area contributed by atoms with Gasteiger partial charge in [0, 0.05) is 12.0 Å². The first-order valence-corrected chi connectivity index (χ1v) is 8.59. The zero-order valence-corrected chi connectivity index (χ0v) is 12.9. The Kier molecular flexibility index (Phi) is 4.07. The Balaban J connectivity index is 1.51. The van der Waals surface area contributed by atoms with Crippen molar-refractivity contribution in [3.63, 3.8) is 0 Å². The standard InChI is InChI=1S/C17H30N2O/c1-12(4-5-18)2-3-16(20)19-17-9-13-6-14(10-17)8-15(7-13)11-17/h12-15H,2-11,18H2,1H3,(H,19,20). The summed E-state index contributed by atoms with van der Waals surface area (Å²) in [7, 11) is 0. The first-order valence-electron chi connectivity index (χ1n) is 8.59. The predicted octanol–water partition coefficient (Wildman–Crippen LogP) is 2.84. The van der Waals surface area contributed by atoms with Crippen LogP contribution >= 0.6 is 0 Å². The summed E-state index contributed by atoms with van der Waals surface area (Å²) in [6.07, 6.45) is 10.8. The highest BCUT2D eigenvalue weighted by atomic mass is 16.1. The van der Waals surface area contributed by atoms with E-state index in [1.165, 1.54) is 38.5 Å². The van der Waals surface area contributed by atoms with Crippen LogP contribution < -0.4 is 11.1 Å². The molecule has 1 unspecified atom stereocenters. The fourth-order valence-electron chi connectivity index (χ4n) is 5.43. The van der Waals surface area contributed by atoms with Gasteiger partial charge < -0.3 is 11.1 Å². The minimum Gasteiger partial charge on any atom is -0.351 e. The van der Waals surface area contributed by atoms with E-state index in [9.17, 15) is 4.79 Å². The van der Waals surface area contributed by atoms with Gasteiger partial charge >= 0.3 is 0 Å². The number of amides is 1. The summed E-state index contributed by atoms with van der Waals surface area (Å²) < 4.78 is 0. The molecule has 0 spiro atoms. The van der Waals surface area contributed by atoms with Crippen molar-refractivity contribution in [2.75, 3.05) is 6.54 Å². The zero-order valence-electron chi connectivity index (χ0n) is 12.9. The van der Waals surface area contributed by atoms with Gasteiger partial charge in [-0.15, -0.1) is 0 Å². The van der Waals surface area contributed by atoms with E-state index >= 15 is 0 Å². The summed E-state index contributed by atoms with van der Waals surface area (Å²) in [5, 5.41) is 3.45. The van der Waals surface area contributed by atoms with E-state index in [1.807, 2.05) is 0 Å². The van der Waals surface area contributed by atoms with Crippen LogP contribution in [0.3, 0.4) is 0 Å². The van der Waals surface area contributed by atoms with Crippen LogP contribution in [0, 0.1) is 23.7 Å². The van der Waals surface area contributed by atoms with Gasteiger partial charge in [-0.2, -0.15) is 0 Å². The normalized spacial score (nSPS) is 39.8. The number of hydrogen-bond donors (Lipinski definition) is 2. The first kappa shape index (κ1) is 14.4. The summed E-state index contributed by atoms with van der Waals surface area (Å²) in [6, 6.07) is 0. The molecular weight excluding hydrogens is 248 g/mol. The Bertz CT molecular complexity index is 331. The zero-order chi connectivity index (χ0) is 14.2. The fourth-order valence-corrected chi connectivity index (χ4v) is 5.43. The molecule has 0 radical (unpaired) electrons. The van der Waals surface area contributed by atoms with Crippen molar-refractivity contribution in [1.82, 2.24) is 5.32 Å². The van der Waals surface area contributed by atoms with Gasteiger partial charge in [0.25, 0.3) is 0 Å². The van der Waals surface area contributed by atoms with Crippen LogP contribution in [0.25, 0.3) is 0 Å². The molecule has 4 saturated carbocycles. The van der Waals surface area contributed by atoms with E-state index in [0.717, 1.165) is 37.1 Å². The lowest BCUT2D eigenvalue weighted by atomic mass is 9.53. The Morgan fingerprint density at radius 3 is 2.20 bits per heavy atom. The molecule has 114 valence electrons. The van der Waals surface area contributed by atoms with E-state index < -0.39 is 0 Å². The van der Waals surface area contributed by atoms with Crippen LogP contribution in [-0.4, -0.2) is 18.0 Å². The third-order valence-corrected chi connectivity index (χ3v) is 5.97. The lowest BCUT2D eigenvalue weighted by molar-refractivity contribution is -0.127. The van der Waals surface area contributed by atoms with Crippen molar-refractivity contribution in [2.24, 2.45) is 29.4 Å². The van der Waals surface area contributed by atoms with E-state index in [1.54, 1.807) is 0 Å². The van der Waals surface area contributed by atoms with E-state index in [0.29, 0.717) is 12.3 Å². The van der Waals surface area contributed by atoms with Crippen LogP contribution in [-0.2, 0) is 4.79 Å². The van der Waals surface area contributed by atoms with Crippen LogP contribution in [0.1, 0.15) is 64.7 Å². The van der Waals surface area contributed by atoms with Crippen molar-refractivity contribution in [2.45, 2.75) is 70.3 Å². The van der Waals surface area contributed by atoms with Crippen molar-refractivity contribution >= 4 is 5.91 Å². The van der Waals surface area contributed by atoms with E-state index in [2.05, 4.69) is 12.2 Å². The predicted molar refractivity (Wildman–Crippen MR) is 81.1 cm³/mol. The number of carbonyl (C=O) groups is 1. The van der Waals surface area contributed by atoms with Gasteiger partial charge in [0.15, 0.2) is 0 Å². The summed E-state index contributed by atoms with van der Waals surface area (Å²) >= 11 is 0. The SMILES string of the molecule is CC(CCN)CCC(=O)NC12CC3CC(CC(C3)C1)C2. The molecule has 3 heteroatoms. The van der Waals surface area contributed by atoms with Crippen LogP contribution in [0.15, 0.2) is 0 Å². The number of nitrogens with one attached hydrogen (secondary N) is 1. The maximum Gasteiger partial charge on any atom is 0.220 e. The highest BCUT2D eigenvalue weighted by Crippen LogP contribution is 2.55. The van der Waals surface area contributed by atoms with Crippen LogP contribution in [0.4, 0.5) is 0 Å². The average molecular weight is 278 g/mol. The molecule has 1 amide bonds. The Hall–Kier alpha value is -0.570. The van der Waals surface area contributed by atoms with Gasteiger partial charge in [-0.3, -0.25) is 4.79 Å². The molecule has 20 heavy (non-hydrogen) atoms. The molecular formula is C17H30N2O. The minimum atomic E-state index is 0.183. The molecule has 0 heterocycles. The molecule has 0 saturated heterocycles. The van der Waals surface area contributed by atoms with Gasteiger partial charge in [0.1, 0.15) is 0 Å². The molecule has 3 nitrogen and oxygen atoms in total. The molecule has 4 rings (SSSR count). The van der Waals surface area contributed by atoms with Crippen molar-refractivity contribution in [1.29, 1.82) is 0 Å². The summed E-state index contributed by atoms with van der Waals surface area (Å²) in [4.78, 5) is 12.3. The average Bonchev–Trinajstić information content (AvgIpc) is 2.34. The molecule has 0 aromatic heterocycles. The van der Waals surface area contributed by atoms with Crippen molar-refractivity contribution < 1.29 is 4.79 Å². The maximum absolute atomic E-state index is 12.3. The largest absolute Gasteiger partial charge is 0.351 e. The number of hydrogen-bond acceptors (Lipinski definition) is 2. The van der Waals surface area contributed by atoms with Gasteiger partial charge in [-0.25, -0.2) is 0 Å². The summed E-state index contributed by atoms with van der Waals surface area (Å²) in [5.74, 6) is 3.56. The Morgan fingerprint density at radius 1 is 1.15 bits per heavy atom. The molecule has 0 aliphatic heterocycles. The van der Waals surface area contributed by atoms with Gasteiger partial charge in [0.05, 0.1) is 0 Å². The topological polar surface area (TPSA) is 55.1 Å². The van der Waals surface area contributed by atoms with Gasteiger partial charge in [0.2, 0.25) is 5.91 Å². The molecule has 4 bridgehead atoms. The van der Waals surface area contributed by atoms with Crippen molar-refractivity contribution in [3.8, 4) is 0 Å². The maximum atomic E-state index is 12.3. The van der Waals surface area contributed by atoms with Crippen LogP contribution in [0.2, 0.25) is 0 Å².